The average molecular weight is 248 g/mol. The molecule has 2 nitrogen and oxygen atoms in total. The molecule has 0 aliphatic carbocycles. The topological polar surface area (TPSA) is 15.3 Å². The molecule has 1 rings (SSSR count). The zero-order valence-electron chi connectivity index (χ0n) is 8.80. The smallest absolute Gasteiger partial charge is 0.355 e. The third-order valence-corrected chi connectivity index (χ3v) is 2.35. The standard InChI is InChI=1S/C10H11F3N2S/c1-15(2)9(16)14-8-6-4-3-5-7(8)10(11,12)13/h3-6H,1-2H3,(H,14,16). The maximum absolute atomic E-state index is 12.6. The van der Waals surface area contributed by atoms with Crippen LogP contribution >= 0.6 is 12.2 Å². The molecule has 0 aliphatic rings. The summed E-state index contributed by atoms with van der Waals surface area (Å²) in [6, 6.07) is 5.22. The van der Waals surface area contributed by atoms with Crippen molar-refractivity contribution in [3.05, 3.63) is 29.8 Å². The Balaban J connectivity index is 3.01. The Kier molecular flexibility index (Phi) is 3.74. The molecule has 0 amide bonds. The summed E-state index contributed by atoms with van der Waals surface area (Å²) in [4.78, 5) is 1.53. The summed E-state index contributed by atoms with van der Waals surface area (Å²) >= 11 is 4.89. The highest BCUT2D eigenvalue weighted by atomic mass is 32.1. The van der Waals surface area contributed by atoms with Gasteiger partial charge in [0.25, 0.3) is 0 Å². The molecule has 0 bridgehead atoms. The molecule has 88 valence electrons. The Hall–Kier alpha value is -1.30. The first-order valence-electron chi connectivity index (χ1n) is 4.47. The van der Waals surface area contributed by atoms with Crippen molar-refractivity contribution in [1.82, 2.24) is 4.90 Å². The van der Waals surface area contributed by atoms with E-state index in [2.05, 4.69) is 5.32 Å². The van der Waals surface area contributed by atoms with Crippen LogP contribution in [0.4, 0.5) is 18.9 Å². The summed E-state index contributed by atoms with van der Waals surface area (Å²) in [7, 11) is 3.32. The molecule has 0 saturated carbocycles. The third kappa shape index (κ3) is 3.10. The van der Waals surface area contributed by atoms with E-state index < -0.39 is 11.7 Å². The summed E-state index contributed by atoms with van der Waals surface area (Å²) in [6.45, 7) is 0. The number of hydrogen-bond acceptors (Lipinski definition) is 1. The number of anilines is 1. The summed E-state index contributed by atoms with van der Waals surface area (Å²) in [5, 5.41) is 2.79. The first kappa shape index (κ1) is 12.8. The van der Waals surface area contributed by atoms with Crippen LogP contribution in [0.2, 0.25) is 0 Å². The van der Waals surface area contributed by atoms with Crippen molar-refractivity contribution in [2.24, 2.45) is 0 Å². The molecule has 0 saturated heterocycles. The van der Waals surface area contributed by atoms with Gasteiger partial charge < -0.3 is 10.2 Å². The van der Waals surface area contributed by atoms with Crippen LogP contribution in [0.25, 0.3) is 0 Å². The molecule has 6 heteroatoms. The minimum atomic E-state index is -4.38. The van der Waals surface area contributed by atoms with E-state index in [0.717, 1.165) is 6.07 Å². The molecular weight excluding hydrogens is 237 g/mol. The van der Waals surface area contributed by atoms with Gasteiger partial charge in [0.2, 0.25) is 0 Å². The molecule has 1 aromatic carbocycles. The highest BCUT2D eigenvalue weighted by Gasteiger charge is 2.33. The van der Waals surface area contributed by atoms with Crippen molar-refractivity contribution >= 4 is 23.0 Å². The predicted molar refractivity (Wildman–Crippen MR) is 61.4 cm³/mol. The van der Waals surface area contributed by atoms with Crippen molar-refractivity contribution in [2.45, 2.75) is 6.18 Å². The average Bonchev–Trinajstić information content (AvgIpc) is 2.16. The molecule has 0 unspecified atom stereocenters. The lowest BCUT2D eigenvalue weighted by Gasteiger charge is -2.18. The number of halogens is 3. The van der Waals surface area contributed by atoms with Gasteiger partial charge in [-0.05, 0) is 24.4 Å². The highest BCUT2D eigenvalue weighted by Crippen LogP contribution is 2.34. The van der Waals surface area contributed by atoms with Gasteiger partial charge in [-0.1, -0.05) is 12.1 Å². The second-order valence-electron chi connectivity index (χ2n) is 3.37. The van der Waals surface area contributed by atoms with E-state index in [1.165, 1.54) is 23.1 Å². The van der Waals surface area contributed by atoms with Crippen molar-refractivity contribution in [3.63, 3.8) is 0 Å². The van der Waals surface area contributed by atoms with Crippen LogP contribution in [-0.4, -0.2) is 24.1 Å². The van der Waals surface area contributed by atoms with E-state index in [9.17, 15) is 13.2 Å². The number of alkyl halides is 3. The molecule has 1 N–H and O–H groups in total. The first-order chi connectivity index (χ1) is 7.32. The minimum absolute atomic E-state index is 0.0336. The molecule has 0 radical (unpaired) electrons. The highest BCUT2D eigenvalue weighted by molar-refractivity contribution is 7.80. The molecule has 0 spiro atoms. The maximum Gasteiger partial charge on any atom is 0.418 e. The van der Waals surface area contributed by atoms with Gasteiger partial charge in [-0.3, -0.25) is 0 Å². The molecular formula is C10H11F3N2S. The van der Waals surface area contributed by atoms with Gasteiger partial charge in [-0.2, -0.15) is 13.2 Å². The van der Waals surface area contributed by atoms with Gasteiger partial charge in [0, 0.05) is 14.1 Å². The van der Waals surface area contributed by atoms with Crippen LogP contribution in [-0.2, 0) is 6.18 Å². The van der Waals surface area contributed by atoms with Crippen LogP contribution in [0.15, 0.2) is 24.3 Å². The van der Waals surface area contributed by atoms with Crippen molar-refractivity contribution in [3.8, 4) is 0 Å². The second-order valence-corrected chi connectivity index (χ2v) is 3.75. The SMILES string of the molecule is CN(C)C(=S)Nc1ccccc1C(F)(F)F. The number of thiocarbonyl (C=S) groups is 1. The molecule has 1 aromatic rings. The predicted octanol–water partition coefficient (Wildman–Crippen LogP) is 2.96. The fraction of sp³-hybridized carbons (Fsp3) is 0.300. The molecule has 16 heavy (non-hydrogen) atoms. The Morgan fingerprint density at radius 1 is 1.25 bits per heavy atom. The van der Waals surface area contributed by atoms with Gasteiger partial charge >= 0.3 is 6.18 Å². The van der Waals surface area contributed by atoms with Gasteiger partial charge in [0.1, 0.15) is 0 Å². The molecule has 0 fully saturated rings. The van der Waals surface area contributed by atoms with E-state index in [4.69, 9.17) is 12.2 Å². The largest absolute Gasteiger partial charge is 0.418 e. The van der Waals surface area contributed by atoms with Crippen molar-refractivity contribution in [1.29, 1.82) is 0 Å². The molecule has 0 heterocycles. The Morgan fingerprint density at radius 3 is 2.31 bits per heavy atom. The normalized spacial score (nSPS) is 11.1. The number of hydrogen-bond donors (Lipinski definition) is 1. The second kappa shape index (κ2) is 4.69. The fourth-order valence-electron chi connectivity index (χ4n) is 1.07. The Labute approximate surface area is 97.1 Å². The minimum Gasteiger partial charge on any atom is -0.355 e. The quantitative estimate of drug-likeness (QED) is 0.769. The zero-order valence-corrected chi connectivity index (χ0v) is 9.62. The number of rotatable bonds is 1. The van der Waals surface area contributed by atoms with E-state index in [0.29, 0.717) is 0 Å². The molecule has 0 aliphatic heterocycles. The van der Waals surface area contributed by atoms with E-state index in [1.807, 2.05) is 0 Å². The lowest BCUT2D eigenvalue weighted by Crippen LogP contribution is -2.28. The Bertz CT molecular complexity index is 388. The van der Waals surface area contributed by atoms with Crippen molar-refractivity contribution in [2.75, 3.05) is 19.4 Å². The lowest BCUT2D eigenvalue weighted by molar-refractivity contribution is -0.136. The zero-order chi connectivity index (χ0) is 12.3. The van der Waals surface area contributed by atoms with E-state index in [-0.39, 0.29) is 10.8 Å². The van der Waals surface area contributed by atoms with Crippen LogP contribution in [0.3, 0.4) is 0 Å². The van der Waals surface area contributed by atoms with Crippen molar-refractivity contribution < 1.29 is 13.2 Å². The number of benzene rings is 1. The Morgan fingerprint density at radius 2 is 1.81 bits per heavy atom. The number of nitrogens with zero attached hydrogens (tertiary/aromatic N) is 1. The summed E-state index contributed by atoms with van der Waals surface area (Å²) < 4.78 is 37.8. The third-order valence-electron chi connectivity index (χ3n) is 1.88. The number of para-hydroxylation sites is 1. The first-order valence-corrected chi connectivity index (χ1v) is 4.87. The van der Waals surface area contributed by atoms with Crippen LogP contribution < -0.4 is 5.32 Å². The van der Waals surface area contributed by atoms with Gasteiger partial charge in [0.15, 0.2) is 5.11 Å². The summed E-state index contributed by atoms with van der Waals surface area (Å²) in [5.74, 6) is 0. The van der Waals surface area contributed by atoms with Crippen LogP contribution in [0.1, 0.15) is 5.56 Å². The lowest BCUT2D eigenvalue weighted by atomic mass is 10.1. The molecule has 0 aromatic heterocycles. The van der Waals surface area contributed by atoms with Gasteiger partial charge in [-0.25, -0.2) is 0 Å². The van der Waals surface area contributed by atoms with E-state index in [1.54, 1.807) is 14.1 Å². The van der Waals surface area contributed by atoms with Gasteiger partial charge in [0.05, 0.1) is 11.3 Å². The fourth-order valence-corrected chi connectivity index (χ4v) is 1.18. The number of nitrogens with one attached hydrogen (secondary N) is 1. The van der Waals surface area contributed by atoms with Gasteiger partial charge in [-0.15, -0.1) is 0 Å². The van der Waals surface area contributed by atoms with E-state index >= 15 is 0 Å². The monoisotopic (exact) mass is 248 g/mol. The van der Waals surface area contributed by atoms with Crippen LogP contribution in [0.5, 0.6) is 0 Å². The molecule has 0 atom stereocenters. The van der Waals surface area contributed by atoms with Crippen LogP contribution in [0, 0.1) is 0 Å². The summed E-state index contributed by atoms with van der Waals surface area (Å²) in [5.41, 5.74) is -0.757. The maximum atomic E-state index is 12.6. The summed E-state index contributed by atoms with van der Waals surface area (Å²) in [6.07, 6.45) is -4.38.